The molecule has 0 atom stereocenters. The van der Waals surface area contributed by atoms with Gasteiger partial charge in [0.2, 0.25) is 5.78 Å². The average Bonchev–Trinajstić information content (AvgIpc) is 2.91. The minimum absolute atomic E-state index is 0.129. The first kappa shape index (κ1) is 14.9. The lowest BCUT2D eigenvalue weighted by Gasteiger charge is -2.27. The fourth-order valence-electron chi connectivity index (χ4n) is 2.36. The standard InChI is InChI=1S/C16H16ClFN4/c1-16(2,12-5-3-6-13(17)14(12)18)20-9-11-10-22-8-4-7-19-15(22)21-11/h3-8,10,20H,9H2,1-2H3. The van der Waals surface area contributed by atoms with E-state index in [0.717, 1.165) is 5.69 Å². The maximum Gasteiger partial charge on any atom is 0.233 e. The van der Waals surface area contributed by atoms with Crippen LogP contribution in [-0.4, -0.2) is 14.4 Å². The maximum atomic E-state index is 14.2. The van der Waals surface area contributed by atoms with E-state index in [1.165, 1.54) is 0 Å². The number of fused-ring (bicyclic) bond motifs is 1. The van der Waals surface area contributed by atoms with E-state index in [1.807, 2.05) is 36.7 Å². The van der Waals surface area contributed by atoms with E-state index < -0.39 is 11.4 Å². The lowest BCUT2D eigenvalue weighted by molar-refractivity contribution is 0.381. The van der Waals surface area contributed by atoms with Gasteiger partial charge in [0, 0.05) is 36.2 Å². The average molecular weight is 319 g/mol. The highest BCUT2D eigenvalue weighted by atomic mass is 35.5. The number of hydrogen-bond acceptors (Lipinski definition) is 3. The maximum absolute atomic E-state index is 14.2. The molecule has 0 aliphatic carbocycles. The Morgan fingerprint density at radius 1 is 1.32 bits per heavy atom. The topological polar surface area (TPSA) is 42.2 Å². The van der Waals surface area contributed by atoms with Gasteiger partial charge in [-0.05, 0) is 26.0 Å². The summed E-state index contributed by atoms with van der Waals surface area (Å²) in [5.41, 5.74) is 0.800. The third kappa shape index (κ3) is 2.82. The SMILES string of the molecule is CC(C)(NCc1cn2cccnc2n1)c1cccc(Cl)c1F. The monoisotopic (exact) mass is 318 g/mol. The minimum Gasteiger partial charge on any atom is -0.302 e. The molecule has 3 aromatic rings. The van der Waals surface area contributed by atoms with E-state index in [4.69, 9.17) is 11.6 Å². The summed E-state index contributed by atoms with van der Waals surface area (Å²) in [7, 11) is 0. The summed E-state index contributed by atoms with van der Waals surface area (Å²) in [6.45, 7) is 4.33. The summed E-state index contributed by atoms with van der Waals surface area (Å²) in [5, 5.41) is 3.45. The van der Waals surface area contributed by atoms with Gasteiger partial charge in [-0.15, -0.1) is 0 Å². The number of nitrogens with one attached hydrogen (secondary N) is 1. The van der Waals surface area contributed by atoms with Crippen LogP contribution in [0.15, 0.2) is 42.9 Å². The summed E-state index contributed by atoms with van der Waals surface area (Å²) >= 11 is 5.86. The smallest absolute Gasteiger partial charge is 0.233 e. The quantitative estimate of drug-likeness (QED) is 0.800. The van der Waals surface area contributed by atoms with Crippen molar-refractivity contribution in [1.29, 1.82) is 0 Å². The van der Waals surface area contributed by atoms with Gasteiger partial charge in [-0.3, -0.25) is 4.40 Å². The molecule has 1 aromatic carbocycles. The highest BCUT2D eigenvalue weighted by molar-refractivity contribution is 6.30. The lowest BCUT2D eigenvalue weighted by atomic mass is 9.93. The first-order valence-electron chi connectivity index (χ1n) is 6.95. The predicted molar refractivity (Wildman–Crippen MR) is 84.3 cm³/mol. The largest absolute Gasteiger partial charge is 0.302 e. The van der Waals surface area contributed by atoms with Crippen LogP contribution in [0.3, 0.4) is 0 Å². The van der Waals surface area contributed by atoms with Crippen molar-refractivity contribution in [2.75, 3.05) is 0 Å². The van der Waals surface area contributed by atoms with Gasteiger partial charge in [-0.25, -0.2) is 14.4 Å². The number of hydrogen-bond donors (Lipinski definition) is 1. The van der Waals surface area contributed by atoms with Crippen LogP contribution in [0, 0.1) is 5.82 Å². The van der Waals surface area contributed by atoms with Crippen LogP contribution in [0.2, 0.25) is 5.02 Å². The lowest BCUT2D eigenvalue weighted by Crippen LogP contribution is -2.37. The highest BCUT2D eigenvalue weighted by Gasteiger charge is 2.24. The molecule has 0 amide bonds. The Morgan fingerprint density at radius 2 is 2.14 bits per heavy atom. The van der Waals surface area contributed by atoms with Crippen molar-refractivity contribution < 1.29 is 4.39 Å². The molecule has 2 heterocycles. The van der Waals surface area contributed by atoms with Crippen LogP contribution in [0.5, 0.6) is 0 Å². The van der Waals surface area contributed by atoms with Crippen molar-refractivity contribution in [3.8, 4) is 0 Å². The van der Waals surface area contributed by atoms with Gasteiger partial charge < -0.3 is 5.32 Å². The van der Waals surface area contributed by atoms with Crippen molar-refractivity contribution in [2.45, 2.75) is 25.9 Å². The Morgan fingerprint density at radius 3 is 2.91 bits per heavy atom. The Kier molecular flexibility index (Phi) is 3.85. The molecule has 2 aromatic heterocycles. The molecule has 0 saturated carbocycles. The zero-order valence-electron chi connectivity index (χ0n) is 12.3. The third-order valence-corrected chi connectivity index (χ3v) is 3.91. The van der Waals surface area contributed by atoms with E-state index in [9.17, 15) is 4.39 Å². The van der Waals surface area contributed by atoms with Crippen LogP contribution in [0.1, 0.15) is 25.1 Å². The molecule has 3 rings (SSSR count). The molecule has 1 N–H and O–H groups in total. The summed E-state index contributed by atoms with van der Waals surface area (Å²) in [5.74, 6) is 0.254. The van der Waals surface area contributed by atoms with E-state index in [0.29, 0.717) is 17.9 Å². The zero-order chi connectivity index (χ0) is 15.7. The van der Waals surface area contributed by atoms with Gasteiger partial charge in [0.1, 0.15) is 5.82 Å². The Balaban J connectivity index is 1.80. The molecular formula is C16H16ClFN4. The first-order chi connectivity index (χ1) is 10.5. The summed E-state index contributed by atoms with van der Waals surface area (Å²) in [4.78, 5) is 8.60. The van der Waals surface area contributed by atoms with Crippen LogP contribution in [-0.2, 0) is 12.1 Å². The Bertz CT molecular complexity index is 780. The van der Waals surface area contributed by atoms with Crippen molar-refractivity contribution in [3.63, 3.8) is 0 Å². The number of imidazole rings is 1. The van der Waals surface area contributed by atoms with Crippen LogP contribution >= 0.6 is 11.6 Å². The van der Waals surface area contributed by atoms with Gasteiger partial charge >= 0.3 is 0 Å². The molecular weight excluding hydrogens is 303 g/mol. The number of benzene rings is 1. The molecule has 0 bridgehead atoms. The van der Waals surface area contributed by atoms with E-state index >= 15 is 0 Å². The van der Waals surface area contributed by atoms with Gasteiger partial charge in [-0.2, -0.15) is 0 Å². The summed E-state index contributed by atoms with van der Waals surface area (Å²) in [6, 6.07) is 6.87. The minimum atomic E-state index is -0.571. The Labute approximate surface area is 133 Å². The molecule has 0 unspecified atom stereocenters. The predicted octanol–water partition coefficient (Wildman–Crippen LogP) is 3.55. The van der Waals surface area contributed by atoms with E-state index in [2.05, 4.69) is 15.3 Å². The molecule has 6 heteroatoms. The fraction of sp³-hybridized carbons (Fsp3) is 0.250. The number of nitrogens with zero attached hydrogens (tertiary/aromatic N) is 3. The van der Waals surface area contributed by atoms with Crippen LogP contribution in [0.4, 0.5) is 4.39 Å². The van der Waals surface area contributed by atoms with Crippen molar-refractivity contribution in [3.05, 3.63) is 65.0 Å². The van der Waals surface area contributed by atoms with Crippen LogP contribution < -0.4 is 5.32 Å². The molecule has 114 valence electrons. The van der Waals surface area contributed by atoms with Gasteiger partial charge in [0.25, 0.3) is 0 Å². The van der Waals surface area contributed by atoms with Crippen molar-refractivity contribution in [1.82, 2.24) is 19.7 Å². The number of aromatic nitrogens is 3. The third-order valence-electron chi connectivity index (χ3n) is 3.62. The first-order valence-corrected chi connectivity index (χ1v) is 7.33. The summed E-state index contributed by atoms with van der Waals surface area (Å²) in [6.07, 6.45) is 5.49. The summed E-state index contributed by atoms with van der Waals surface area (Å²) < 4.78 is 16.0. The molecule has 0 aliphatic heterocycles. The van der Waals surface area contributed by atoms with Gasteiger partial charge in [0.15, 0.2) is 0 Å². The molecule has 22 heavy (non-hydrogen) atoms. The van der Waals surface area contributed by atoms with E-state index in [1.54, 1.807) is 24.4 Å². The second-order valence-electron chi connectivity index (χ2n) is 5.64. The fourth-order valence-corrected chi connectivity index (χ4v) is 2.53. The second kappa shape index (κ2) is 5.66. The van der Waals surface area contributed by atoms with Gasteiger partial charge in [-0.1, -0.05) is 23.7 Å². The normalized spacial score (nSPS) is 12.0. The molecule has 0 spiro atoms. The van der Waals surface area contributed by atoms with E-state index in [-0.39, 0.29) is 5.02 Å². The molecule has 0 radical (unpaired) electrons. The van der Waals surface area contributed by atoms with Crippen LogP contribution in [0.25, 0.3) is 5.78 Å². The Hall–Kier alpha value is -1.98. The number of rotatable bonds is 4. The molecule has 4 nitrogen and oxygen atoms in total. The van der Waals surface area contributed by atoms with Crippen molar-refractivity contribution in [2.24, 2.45) is 0 Å². The van der Waals surface area contributed by atoms with Crippen molar-refractivity contribution >= 4 is 17.4 Å². The highest BCUT2D eigenvalue weighted by Crippen LogP contribution is 2.27. The second-order valence-corrected chi connectivity index (χ2v) is 6.05. The molecule has 0 saturated heterocycles. The zero-order valence-corrected chi connectivity index (χ0v) is 13.1. The molecule has 0 fully saturated rings. The van der Waals surface area contributed by atoms with Gasteiger partial charge in [0.05, 0.1) is 10.7 Å². The molecule has 0 aliphatic rings. The number of halogens is 2.